The molecule has 96 valence electrons. The van der Waals surface area contributed by atoms with Gasteiger partial charge in [0.15, 0.2) is 4.77 Å². The lowest BCUT2D eigenvalue weighted by Gasteiger charge is -2.40. The number of aromatic amines is 1. The predicted octanol–water partition coefficient (Wildman–Crippen LogP) is 4.03. The van der Waals surface area contributed by atoms with Crippen molar-refractivity contribution in [3.05, 3.63) is 22.2 Å². The van der Waals surface area contributed by atoms with Gasteiger partial charge in [-0.2, -0.15) is 11.8 Å². The van der Waals surface area contributed by atoms with Crippen molar-refractivity contribution in [2.24, 2.45) is 0 Å². The molecule has 0 unspecified atom stereocenters. The summed E-state index contributed by atoms with van der Waals surface area (Å²) in [5, 5.41) is 0.662. The Balaban J connectivity index is 2.11. The van der Waals surface area contributed by atoms with Crippen LogP contribution in [-0.4, -0.2) is 25.5 Å². The Labute approximate surface area is 120 Å². The molecule has 1 aliphatic rings. The molecule has 1 saturated carbocycles. The van der Waals surface area contributed by atoms with Gasteiger partial charge >= 0.3 is 0 Å². The standard InChI is InChI=1S/C12H14ClN3S2/c1-18-12(3-2-4-12)7-16-10-8(13)5-14-6-9(10)15-11(16)17/h5-6H,2-4,7H2,1H3,(H,15,17). The van der Waals surface area contributed by atoms with E-state index in [1.54, 1.807) is 12.4 Å². The second-order valence-corrected chi connectivity index (χ2v) is 6.84. The molecule has 1 N–H and O–H groups in total. The zero-order chi connectivity index (χ0) is 12.8. The summed E-state index contributed by atoms with van der Waals surface area (Å²) in [6.07, 6.45) is 9.46. The molecule has 0 amide bonds. The number of nitrogens with one attached hydrogen (secondary N) is 1. The maximum absolute atomic E-state index is 6.25. The normalized spacial score (nSPS) is 17.9. The zero-order valence-electron chi connectivity index (χ0n) is 10.1. The van der Waals surface area contributed by atoms with Gasteiger partial charge in [-0.1, -0.05) is 18.0 Å². The molecule has 1 fully saturated rings. The van der Waals surface area contributed by atoms with Crippen molar-refractivity contribution in [1.29, 1.82) is 0 Å². The van der Waals surface area contributed by atoms with E-state index in [-0.39, 0.29) is 0 Å². The number of rotatable bonds is 3. The Morgan fingerprint density at radius 3 is 2.94 bits per heavy atom. The van der Waals surface area contributed by atoms with Crippen LogP contribution in [-0.2, 0) is 6.54 Å². The lowest BCUT2D eigenvalue weighted by Crippen LogP contribution is -2.37. The minimum atomic E-state index is 0.333. The molecular formula is C12H14ClN3S2. The van der Waals surface area contributed by atoms with Crippen molar-refractivity contribution in [3.63, 3.8) is 0 Å². The van der Waals surface area contributed by atoms with Crippen LogP contribution >= 0.6 is 35.6 Å². The summed E-state index contributed by atoms with van der Waals surface area (Å²) in [7, 11) is 0. The van der Waals surface area contributed by atoms with E-state index in [2.05, 4.69) is 20.8 Å². The van der Waals surface area contributed by atoms with Gasteiger partial charge in [-0.15, -0.1) is 0 Å². The topological polar surface area (TPSA) is 33.6 Å². The Bertz CT molecular complexity index is 637. The second kappa shape index (κ2) is 4.54. The average molecular weight is 300 g/mol. The van der Waals surface area contributed by atoms with Crippen LogP contribution in [0.5, 0.6) is 0 Å². The van der Waals surface area contributed by atoms with Gasteiger partial charge in [-0.25, -0.2) is 0 Å². The van der Waals surface area contributed by atoms with Crippen molar-refractivity contribution >= 4 is 46.6 Å². The summed E-state index contributed by atoms with van der Waals surface area (Å²) in [6, 6.07) is 0. The molecule has 18 heavy (non-hydrogen) atoms. The first-order valence-electron chi connectivity index (χ1n) is 5.92. The van der Waals surface area contributed by atoms with Crippen molar-refractivity contribution in [2.75, 3.05) is 6.26 Å². The van der Waals surface area contributed by atoms with Crippen LogP contribution in [0.3, 0.4) is 0 Å². The van der Waals surface area contributed by atoms with Crippen molar-refractivity contribution in [1.82, 2.24) is 14.5 Å². The molecule has 0 saturated heterocycles. The first kappa shape index (κ1) is 12.5. The van der Waals surface area contributed by atoms with Crippen molar-refractivity contribution < 1.29 is 0 Å². The van der Waals surface area contributed by atoms with E-state index in [0.29, 0.717) is 9.77 Å². The smallest absolute Gasteiger partial charge is 0.178 e. The predicted molar refractivity (Wildman–Crippen MR) is 80.0 cm³/mol. The van der Waals surface area contributed by atoms with Gasteiger partial charge in [0.05, 0.1) is 22.3 Å². The molecule has 2 aromatic rings. The quantitative estimate of drug-likeness (QED) is 0.869. The molecule has 3 nitrogen and oxygen atoms in total. The monoisotopic (exact) mass is 299 g/mol. The summed E-state index contributed by atoms with van der Waals surface area (Å²) >= 11 is 13.6. The Hall–Kier alpha value is -0.520. The molecule has 2 aromatic heterocycles. The van der Waals surface area contributed by atoms with Gasteiger partial charge in [-0.05, 0) is 31.3 Å². The molecule has 0 bridgehead atoms. The number of thioether (sulfide) groups is 1. The molecule has 0 radical (unpaired) electrons. The number of imidazole rings is 1. The van der Waals surface area contributed by atoms with Gasteiger partial charge in [0.2, 0.25) is 0 Å². The van der Waals surface area contributed by atoms with Gasteiger partial charge < -0.3 is 9.55 Å². The van der Waals surface area contributed by atoms with Crippen LogP contribution in [0, 0.1) is 4.77 Å². The maximum Gasteiger partial charge on any atom is 0.178 e. The Morgan fingerprint density at radius 1 is 1.56 bits per heavy atom. The molecule has 0 atom stereocenters. The van der Waals surface area contributed by atoms with E-state index in [1.807, 2.05) is 11.8 Å². The SMILES string of the molecule is CSC1(Cn2c(=S)[nH]c3cncc(Cl)c32)CCC1. The van der Waals surface area contributed by atoms with Crippen molar-refractivity contribution in [2.45, 2.75) is 30.6 Å². The first-order valence-corrected chi connectivity index (χ1v) is 7.93. The van der Waals surface area contributed by atoms with Gasteiger partial charge in [0, 0.05) is 17.5 Å². The maximum atomic E-state index is 6.25. The highest BCUT2D eigenvalue weighted by molar-refractivity contribution is 8.00. The van der Waals surface area contributed by atoms with E-state index < -0.39 is 0 Å². The number of hydrogen-bond acceptors (Lipinski definition) is 3. The van der Waals surface area contributed by atoms with Gasteiger partial charge in [-0.3, -0.25) is 4.98 Å². The third-order valence-corrected chi connectivity index (χ3v) is 5.78. The van der Waals surface area contributed by atoms with Crippen LogP contribution in [0.15, 0.2) is 12.4 Å². The van der Waals surface area contributed by atoms with E-state index in [0.717, 1.165) is 22.3 Å². The second-order valence-electron chi connectivity index (χ2n) is 4.77. The van der Waals surface area contributed by atoms with E-state index in [4.69, 9.17) is 23.8 Å². The van der Waals surface area contributed by atoms with Gasteiger partial charge in [0.1, 0.15) is 0 Å². The molecule has 0 spiro atoms. The first-order chi connectivity index (χ1) is 8.65. The number of H-pyrrole nitrogens is 1. The molecule has 2 heterocycles. The summed E-state index contributed by atoms with van der Waals surface area (Å²) in [5.74, 6) is 0. The number of pyridine rings is 1. The van der Waals surface area contributed by atoms with E-state index in [9.17, 15) is 0 Å². The average Bonchev–Trinajstić information content (AvgIpc) is 2.61. The Morgan fingerprint density at radius 2 is 2.33 bits per heavy atom. The highest BCUT2D eigenvalue weighted by Crippen LogP contribution is 2.44. The molecule has 1 aliphatic carbocycles. The molecule has 0 aliphatic heterocycles. The number of hydrogen-bond donors (Lipinski definition) is 1. The fourth-order valence-electron chi connectivity index (χ4n) is 2.52. The minimum Gasteiger partial charge on any atom is -0.329 e. The fourth-order valence-corrected chi connectivity index (χ4v) is 4.00. The highest BCUT2D eigenvalue weighted by Gasteiger charge is 2.37. The van der Waals surface area contributed by atoms with Crippen LogP contribution in [0.4, 0.5) is 0 Å². The van der Waals surface area contributed by atoms with E-state index >= 15 is 0 Å². The number of aromatic nitrogens is 3. The Kier molecular flexibility index (Phi) is 3.16. The zero-order valence-corrected chi connectivity index (χ0v) is 12.5. The summed E-state index contributed by atoms with van der Waals surface area (Å²) < 4.78 is 3.20. The van der Waals surface area contributed by atoms with Crippen LogP contribution < -0.4 is 0 Å². The van der Waals surface area contributed by atoms with Crippen LogP contribution in [0.25, 0.3) is 11.0 Å². The third kappa shape index (κ3) is 1.89. The molecular weight excluding hydrogens is 286 g/mol. The minimum absolute atomic E-state index is 0.333. The summed E-state index contributed by atoms with van der Waals surface area (Å²) in [4.78, 5) is 7.27. The molecule has 0 aromatic carbocycles. The third-order valence-electron chi connectivity index (χ3n) is 3.77. The fraction of sp³-hybridized carbons (Fsp3) is 0.500. The highest BCUT2D eigenvalue weighted by atomic mass is 35.5. The lowest BCUT2D eigenvalue weighted by atomic mass is 9.84. The number of nitrogens with zero attached hydrogens (tertiary/aromatic N) is 2. The summed E-state index contributed by atoms with van der Waals surface area (Å²) in [6.45, 7) is 0.927. The number of fused-ring (bicyclic) bond motifs is 1. The number of halogens is 1. The van der Waals surface area contributed by atoms with Crippen molar-refractivity contribution in [3.8, 4) is 0 Å². The molecule has 6 heteroatoms. The van der Waals surface area contributed by atoms with Gasteiger partial charge in [0.25, 0.3) is 0 Å². The lowest BCUT2D eigenvalue weighted by molar-refractivity contribution is 0.323. The largest absolute Gasteiger partial charge is 0.329 e. The van der Waals surface area contributed by atoms with Crippen LogP contribution in [0.1, 0.15) is 19.3 Å². The van der Waals surface area contributed by atoms with E-state index in [1.165, 1.54) is 19.3 Å². The van der Waals surface area contributed by atoms with Crippen LogP contribution in [0.2, 0.25) is 5.02 Å². The molecule has 3 rings (SSSR count). The summed E-state index contributed by atoms with van der Waals surface area (Å²) in [5.41, 5.74) is 1.90.